The van der Waals surface area contributed by atoms with Crippen molar-refractivity contribution in [3.63, 3.8) is 0 Å². The van der Waals surface area contributed by atoms with Gasteiger partial charge < -0.3 is 15.2 Å². The molecule has 0 aliphatic rings. The van der Waals surface area contributed by atoms with E-state index in [2.05, 4.69) is 10.3 Å². The lowest BCUT2D eigenvalue weighted by Gasteiger charge is -2.13. The van der Waals surface area contributed by atoms with Crippen LogP contribution in [0.4, 0.5) is 5.82 Å². The molecule has 6 nitrogen and oxygen atoms in total. The van der Waals surface area contributed by atoms with Gasteiger partial charge in [-0.1, -0.05) is 35.9 Å². The van der Waals surface area contributed by atoms with Crippen LogP contribution in [0.15, 0.2) is 66.9 Å². The van der Waals surface area contributed by atoms with E-state index in [9.17, 15) is 14.7 Å². The average molecular weight is 397 g/mol. The van der Waals surface area contributed by atoms with Crippen molar-refractivity contribution >= 4 is 29.3 Å². The van der Waals surface area contributed by atoms with Crippen molar-refractivity contribution in [3.8, 4) is 16.9 Å². The van der Waals surface area contributed by atoms with Crippen molar-refractivity contribution in [2.75, 3.05) is 5.32 Å². The van der Waals surface area contributed by atoms with Crippen LogP contribution in [0.2, 0.25) is 5.02 Å². The molecule has 28 heavy (non-hydrogen) atoms. The molecule has 2 N–H and O–H groups in total. The largest absolute Gasteiger partial charge is 0.508 e. The molecule has 0 radical (unpaired) electrons. The molecule has 1 atom stereocenters. The summed E-state index contributed by atoms with van der Waals surface area (Å²) in [5.41, 5.74) is 2.11. The van der Waals surface area contributed by atoms with E-state index < -0.39 is 18.0 Å². The zero-order chi connectivity index (χ0) is 20.1. The number of carbonyl (C=O) groups excluding carboxylic acids is 2. The average Bonchev–Trinajstić information content (AvgIpc) is 2.70. The zero-order valence-electron chi connectivity index (χ0n) is 14.9. The fourth-order valence-electron chi connectivity index (χ4n) is 2.41. The topological polar surface area (TPSA) is 88.5 Å². The van der Waals surface area contributed by atoms with Crippen molar-refractivity contribution < 1.29 is 19.4 Å². The molecule has 0 saturated heterocycles. The molecule has 1 heterocycles. The van der Waals surface area contributed by atoms with E-state index in [1.165, 1.54) is 13.1 Å². The van der Waals surface area contributed by atoms with Crippen molar-refractivity contribution in [1.82, 2.24) is 4.98 Å². The molecule has 7 heteroatoms. The second-order valence-electron chi connectivity index (χ2n) is 6.02. The molecule has 0 saturated carbocycles. The van der Waals surface area contributed by atoms with E-state index >= 15 is 0 Å². The predicted octanol–water partition coefficient (Wildman–Crippen LogP) is 4.29. The Bertz CT molecular complexity index is 971. The fourth-order valence-corrected chi connectivity index (χ4v) is 2.52. The summed E-state index contributed by atoms with van der Waals surface area (Å²) in [6.45, 7) is 1.48. The van der Waals surface area contributed by atoms with Crippen LogP contribution >= 0.6 is 11.6 Å². The lowest BCUT2D eigenvalue weighted by molar-refractivity contribution is -0.123. The molecule has 1 amide bonds. The summed E-state index contributed by atoms with van der Waals surface area (Å²) in [5, 5.41) is 12.4. The van der Waals surface area contributed by atoms with Crippen LogP contribution in [0.25, 0.3) is 11.1 Å². The molecule has 0 aliphatic carbocycles. The third-order valence-corrected chi connectivity index (χ3v) is 4.18. The van der Waals surface area contributed by atoms with Gasteiger partial charge in [-0.2, -0.15) is 0 Å². The van der Waals surface area contributed by atoms with Crippen molar-refractivity contribution in [2.24, 2.45) is 0 Å². The van der Waals surface area contributed by atoms with Crippen LogP contribution in [0, 0.1) is 0 Å². The van der Waals surface area contributed by atoms with Gasteiger partial charge in [-0.15, -0.1) is 0 Å². The van der Waals surface area contributed by atoms with Crippen LogP contribution in [-0.4, -0.2) is 28.1 Å². The minimum Gasteiger partial charge on any atom is -0.508 e. The summed E-state index contributed by atoms with van der Waals surface area (Å²) >= 11 is 5.75. The van der Waals surface area contributed by atoms with Gasteiger partial charge in [0.15, 0.2) is 6.10 Å². The number of rotatable bonds is 5. The van der Waals surface area contributed by atoms with E-state index in [-0.39, 0.29) is 5.75 Å². The maximum Gasteiger partial charge on any atom is 0.338 e. The summed E-state index contributed by atoms with van der Waals surface area (Å²) in [6.07, 6.45) is 0.408. The van der Waals surface area contributed by atoms with Gasteiger partial charge in [0, 0.05) is 6.20 Å². The number of phenolic OH excluding ortho intramolecular Hbond substituents is 1. The number of anilines is 1. The Labute approximate surface area is 166 Å². The zero-order valence-corrected chi connectivity index (χ0v) is 15.7. The highest BCUT2D eigenvalue weighted by Gasteiger charge is 2.19. The second-order valence-corrected chi connectivity index (χ2v) is 6.46. The van der Waals surface area contributed by atoms with Crippen LogP contribution in [-0.2, 0) is 9.53 Å². The van der Waals surface area contributed by atoms with E-state index in [0.717, 1.165) is 11.1 Å². The number of halogens is 1. The van der Waals surface area contributed by atoms with Crippen LogP contribution < -0.4 is 5.32 Å². The number of ether oxygens (including phenoxy) is 1. The number of amides is 1. The number of nitrogens with one attached hydrogen (secondary N) is 1. The Hall–Kier alpha value is -3.38. The normalized spacial score (nSPS) is 11.5. The fraction of sp³-hybridized carbons (Fsp3) is 0.0952. The summed E-state index contributed by atoms with van der Waals surface area (Å²) in [4.78, 5) is 28.4. The molecule has 0 aliphatic heterocycles. The van der Waals surface area contributed by atoms with Crippen molar-refractivity contribution in [3.05, 3.63) is 77.4 Å². The Morgan fingerprint density at radius 2 is 1.61 bits per heavy atom. The number of esters is 1. The number of pyridine rings is 1. The first-order chi connectivity index (χ1) is 13.4. The van der Waals surface area contributed by atoms with Gasteiger partial charge in [-0.05, 0) is 54.4 Å². The summed E-state index contributed by atoms with van der Waals surface area (Å²) < 4.78 is 5.22. The number of nitrogens with zero attached hydrogens (tertiary/aromatic N) is 1. The quantitative estimate of drug-likeness (QED) is 0.628. The third-order valence-electron chi connectivity index (χ3n) is 3.95. The molecule has 2 aromatic carbocycles. The number of aromatic nitrogens is 1. The highest BCUT2D eigenvalue weighted by molar-refractivity contribution is 6.30. The second kappa shape index (κ2) is 8.54. The van der Waals surface area contributed by atoms with Crippen molar-refractivity contribution in [1.29, 1.82) is 0 Å². The highest BCUT2D eigenvalue weighted by Crippen LogP contribution is 2.22. The molecule has 3 rings (SSSR count). The Morgan fingerprint density at radius 1 is 1.00 bits per heavy atom. The van der Waals surface area contributed by atoms with Gasteiger partial charge >= 0.3 is 5.97 Å². The number of hydrogen-bond acceptors (Lipinski definition) is 5. The van der Waals surface area contributed by atoms with E-state index in [4.69, 9.17) is 16.3 Å². The van der Waals surface area contributed by atoms with Gasteiger partial charge in [-0.3, -0.25) is 4.79 Å². The standard InChI is InChI=1S/C21H17ClN2O4/c1-13(20(26)24-19-11-8-17(22)12-23-19)28-21(27)16-4-2-14(3-5-16)15-6-9-18(25)10-7-15/h2-13,25H,1H3,(H,23,24,26)/t13-/m0/s1. The van der Waals surface area contributed by atoms with E-state index in [1.807, 2.05) is 0 Å². The molecule has 0 unspecified atom stereocenters. The number of phenols is 1. The molecular weight excluding hydrogens is 380 g/mol. The molecule has 0 bridgehead atoms. The van der Waals surface area contributed by atoms with E-state index in [0.29, 0.717) is 16.4 Å². The third kappa shape index (κ3) is 4.86. The SMILES string of the molecule is C[C@H](OC(=O)c1ccc(-c2ccc(O)cc2)cc1)C(=O)Nc1ccc(Cl)cn1. The number of aromatic hydroxyl groups is 1. The first-order valence-electron chi connectivity index (χ1n) is 8.45. The smallest absolute Gasteiger partial charge is 0.338 e. The lowest BCUT2D eigenvalue weighted by Crippen LogP contribution is -2.30. The number of hydrogen-bond donors (Lipinski definition) is 2. The molecule has 0 fully saturated rings. The number of benzene rings is 2. The van der Waals surface area contributed by atoms with Crippen LogP contribution in [0.3, 0.4) is 0 Å². The monoisotopic (exact) mass is 396 g/mol. The predicted molar refractivity (Wildman–Crippen MR) is 106 cm³/mol. The van der Waals surface area contributed by atoms with Crippen molar-refractivity contribution in [2.45, 2.75) is 13.0 Å². The van der Waals surface area contributed by atoms with E-state index in [1.54, 1.807) is 60.7 Å². The molecule has 1 aromatic heterocycles. The maximum absolute atomic E-state index is 12.3. The maximum atomic E-state index is 12.3. The lowest BCUT2D eigenvalue weighted by atomic mass is 10.0. The number of carbonyl (C=O) groups is 2. The molecule has 0 spiro atoms. The summed E-state index contributed by atoms with van der Waals surface area (Å²) in [7, 11) is 0. The van der Waals surface area contributed by atoms with Crippen LogP contribution in [0.1, 0.15) is 17.3 Å². The Morgan fingerprint density at radius 3 is 2.18 bits per heavy atom. The minimum absolute atomic E-state index is 0.185. The minimum atomic E-state index is -0.998. The van der Waals surface area contributed by atoms with Gasteiger partial charge in [0.2, 0.25) is 0 Å². The summed E-state index contributed by atoms with van der Waals surface area (Å²) in [5.74, 6) is -0.603. The Balaban J connectivity index is 1.61. The van der Waals surface area contributed by atoms with Gasteiger partial charge in [0.05, 0.1) is 10.6 Å². The van der Waals surface area contributed by atoms with Crippen LogP contribution in [0.5, 0.6) is 5.75 Å². The Kier molecular flexibility index (Phi) is 5.91. The molecule has 3 aromatic rings. The van der Waals surface area contributed by atoms with Gasteiger partial charge in [0.25, 0.3) is 5.91 Å². The highest BCUT2D eigenvalue weighted by atomic mass is 35.5. The molecular formula is C21H17ClN2O4. The van der Waals surface area contributed by atoms with Gasteiger partial charge in [-0.25, -0.2) is 9.78 Å². The first kappa shape index (κ1) is 19.4. The first-order valence-corrected chi connectivity index (χ1v) is 8.83. The van der Waals surface area contributed by atoms with Gasteiger partial charge in [0.1, 0.15) is 11.6 Å². The summed E-state index contributed by atoms with van der Waals surface area (Å²) in [6, 6.07) is 16.7. The molecule has 142 valence electrons.